The molecule has 7 aromatic carbocycles. The summed E-state index contributed by atoms with van der Waals surface area (Å²) in [5.74, 6) is 3.28. The van der Waals surface area contributed by atoms with Crippen LogP contribution in [0.1, 0.15) is 43.2 Å². The molecule has 0 unspecified atom stereocenters. The van der Waals surface area contributed by atoms with Crippen molar-refractivity contribution in [2.24, 2.45) is 23.7 Å². The van der Waals surface area contributed by atoms with Crippen molar-refractivity contribution in [3.8, 4) is 16.8 Å². The van der Waals surface area contributed by atoms with Gasteiger partial charge in [0.15, 0.2) is 0 Å². The first-order valence-corrected chi connectivity index (χ1v) is 20.3. The Morgan fingerprint density at radius 1 is 0.455 bits per heavy atom. The molecule has 55 heavy (non-hydrogen) atoms. The fourth-order valence-corrected chi connectivity index (χ4v) is 12.6. The van der Waals surface area contributed by atoms with Crippen LogP contribution in [0.4, 0.5) is 17.1 Å². The molecule has 0 radical (unpaired) electrons. The number of nitrogens with zero attached hydrogens (tertiary/aromatic N) is 2. The molecule has 0 N–H and O–H groups in total. The topological polar surface area (TPSA) is 21.3 Å². The Bertz CT molecular complexity index is 2960. The van der Waals surface area contributed by atoms with Crippen LogP contribution in [0.25, 0.3) is 60.6 Å². The Morgan fingerprint density at radius 3 is 1.80 bits per heavy atom. The van der Waals surface area contributed by atoms with Gasteiger partial charge in [-0.1, -0.05) is 109 Å². The van der Waals surface area contributed by atoms with Crippen molar-refractivity contribution >= 4 is 60.8 Å². The van der Waals surface area contributed by atoms with Crippen LogP contribution >= 0.6 is 0 Å². The van der Waals surface area contributed by atoms with Gasteiger partial charge in [-0.3, -0.25) is 0 Å². The number of anilines is 3. The predicted molar refractivity (Wildman–Crippen MR) is 226 cm³/mol. The maximum absolute atomic E-state index is 6.58. The molecule has 0 atom stereocenters. The van der Waals surface area contributed by atoms with Gasteiger partial charge < -0.3 is 13.9 Å². The fourth-order valence-electron chi connectivity index (χ4n) is 12.6. The molecule has 2 aromatic heterocycles. The first kappa shape index (κ1) is 30.3. The zero-order valence-corrected chi connectivity index (χ0v) is 30.7. The van der Waals surface area contributed by atoms with E-state index in [1.54, 1.807) is 11.1 Å². The smallest absolute Gasteiger partial charge is 0.143 e. The quantitative estimate of drug-likeness (QED) is 0.182. The summed E-state index contributed by atoms with van der Waals surface area (Å²) in [4.78, 5) is 2.59. The Hall–Kier alpha value is -6.06. The van der Waals surface area contributed by atoms with Gasteiger partial charge in [0.25, 0.3) is 0 Å². The van der Waals surface area contributed by atoms with E-state index in [2.05, 4.69) is 161 Å². The van der Waals surface area contributed by atoms with Crippen LogP contribution in [0.2, 0.25) is 0 Å². The Balaban J connectivity index is 1.02. The third kappa shape index (κ3) is 3.96. The van der Waals surface area contributed by atoms with Gasteiger partial charge in [-0.05, 0) is 115 Å². The summed E-state index contributed by atoms with van der Waals surface area (Å²) in [6.45, 7) is 0. The van der Waals surface area contributed by atoms with E-state index in [1.807, 2.05) is 6.07 Å². The van der Waals surface area contributed by atoms with Gasteiger partial charge in [0, 0.05) is 43.8 Å². The van der Waals surface area contributed by atoms with Gasteiger partial charge in [-0.2, -0.15) is 0 Å². The van der Waals surface area contributed by atoms with Crippen molar-refractivity contribution in [1.82, 2.24) is 4.57 Å². The van der Waals surface area contributed by atoms with Gasteiger partial charge in [-0.25, -0.2) is 0 Å². The predicted octanol–water partition coefficient (Wildman–Crippen LogP) is 13.9. The highest BCUT2D eigenvalue weighted by Gasteiger charge is 2.61. The van der Waals surface area contributed by atoms with Crippen LogP contribution < -0.4 is 4.90 Å². The van der Waals surface area contributed by atoms with E-state index in [-0.39, 0.29) is 5.41 Å². The molecule has 4 fully saturated rings. The lowest BCUT2D eigenvalue weighted by Gasteiger charge is -2.64. The van der Waals surface area contributed by atoms with Gasteiger partial charge in [-0.15, -0.1) is 0 Å². The van der Waals surface area contributed by atoms with E-state index in [0.29, 0.717) is 0 Å². The zero-order chi connectivity index (χ0) is 35.8. The van der Waals surface area contributed by atoms with Crippen molar-refractivity contribution in [3.63, 3.8) is 0 Å². The molecule has 0 amide bonds. The summed E-state index contributed by atoms with van der Waals surface area (Å²) < 4.78 is 9.05. The average molecular weight is 709 g/mol. The van der Waals surface area contributed by atoms with Crippen LogP contribution in [0, 0.1) is 23.7 Å². The molecule has 14 rings (SSSR count). The van der Waals surface area contributed by atoms with Gasteiger partial charge in [0.1, 0.15) is 11.2 Å². The number of para-hydroxylation sites is 6. The van der Waals surface area contributed by atoms with Gasteiger partial charge >= 0.3 is 0 Å². The number of furan rings is 1. The molecular weight excluding hydrogens is 669 g/mol. The summed E-state index contributed by atoms with van der Waals surface area (Å²) in [7, 11) is 0. The highest BCUT2D eigenvalue weighted by Crippen LogP contribution is 2.69. The van der Waals surface area contributed by atoms with Crippen LogP contribution in [-0.2, 0) is 5.41 Å². The first-order valence-electron chi connectivity index (χ1n) is 20.3. The molecule has 0 saturated heterocycles. The number of fused-ring (bicyclic) bond motifs is 8. The molecule has 3 nitrogen and oxygen atoms in total. The van der Waals surface area contributed by atoms with E-state index in [0.717, 1.165) is 62.4 Å². The minimum Gasteiger partial charge on any atom is -0.455 e. The fraction of sp³-hybridized carbons (Fsp3) is 0.192. The first-order chi connectivity index (χ1) is 27.3. The van der Waals surface area contributed by atoms with Gasteiger partial charge in [0.05, 0.1) is 28.1 Å². The minimum atomic E-state index is 0.101. The lowest BCUT2D eigenvalue weighted by atomic mass is 9.41. The number of aromatic nitrogens is 1. The molecule has 4 aliphatic carbocycles. The number of rotatable bonds is 3. The van der Waals surface area contributed by atoms with Crippen molar-refractivity contribution in [3.05, 3.63) is 169 Å². The van der Waals surface area contributed by atoms with E-state index in [9.17, 15) is 0 Å². The van der Waals surface area contributed by atoms with Crippen molar-refractivity contribution in [1.29, 1.82) is 0 Å². The maximum atomic E-state index is 6.58. The standard InChI is InChI=1S/C52H40N2O/c1-6-19-45(37(12-1)40-15-11-16-41-39-14-3-10-23-50(39)55-51(40)41)54-46-20-7-2-13-38(46)42-31-36(24-25-47(42)54)53-48-21-8-4-17-43(48)52(44-18-5-9-22-49(44)53)34-27-32-26-33(29-34)30-35(52)28-32/h1-25,31-35H,26-30H2/t32-,33?,34-,35?/m0/s1. The molecule has 1 spiro atoms. The molecular formula is C52H40N2O. The van der Waals surface area contributed by atoms with E-state index in [1.165, 1.54) is 71.0 Å². The van der Waals surface area contributed by atoms with Crippen molar-refractivity contribution < 1.29 is 4.42 Å². The van der Waals surface area contributed by atoms with E-state index >= 15 is 0 Å². The Kier molecular flexibility index (Phi) is 6.06. The SMILES string of the molecule is c1ccc(-n2c3ccccc3c3cc(N4c5ccccc5C5(c6ccccc64)C4CC6C[C@H](C4)C[C@H]5C6)ccc32)c(-c2cccc3c2oc2ccccc23)c1. The molecule has 5 aliphatic rings. The minimum absolute atomic E-state index is 0.101. The summed E-state index contributed by atoms with van der Waals surface area (Å²) in [6.07, 6.45) is 6.99. The van der Waals surface area contributed by atoms with Gasteiger partial charge in [0.2, 0.25) is 0 Å². The van der Waals surface area contributed by atoms with Crippen molar-refractivity contribution in [2.75, 3.05) is 4.90 Å². The van der Waals surface area contributed by atoms with E-state index in [4.69, 9.17) is 4.42 Å². The second-order valence-electron chi connectivity index (χ2n) is 16.9. The Morgan fingerprint density at radius 2 is 1.04 bits per heavy atom. The molecule has 4 bridgehead atoms. The Labute approximate surface area is 320 Å². The van der Waals surface area contributed by atoms with Crippen LogP contribution in [-0.4, -0.2) is 4.57 Å². The molecule has 3 heterocycles. The van der Waals surface area contributed by atoms with E-state index < -0.39 is 0 Å². The highest BCUT2D eigenvalue weighted by molar-refractivity contribution is 6.13. The van der Waals surface area contributed by atoms with Crippen LogP contribution in [0.5, 0.6) is 0 Å². The molecule has 4 saturated carbocycles. The second kappa shape index (κ2) is 11.0. The largest absolute Gasteiger partial charge is 0.455 e. The molecule has 1 aliphatic heterocycles. The average Bonchev–Trinajstić information content (AvgIpc) is 3.78. The van der Waals surface area contributed by atoms with Crippen molar-refractivity contribution in [2.45, 2.75) is 37.5 Å². The summed E-state index contributed by atoms with van der Waals surface area (Å²) in [5, 5.41) is 4.81. The number of benzene rings is 7. The molecule has 9 aromatic rings. The molecule has 264 valence electrons. The number of hydrogen-bond acceptors (Lipinski definition) is 2. The zero-order valence-electron chi connectivity index (χ0n) is 30.7. The molecule has 3 heteroatoms. The monoisotopic (exact) mass is 708 g/mol. The second-order valence-corrected chi connectivity index (χ2v) is 16.9. The number of hydrogen-bond donors (Lipinski definition) is 0. The highest BCUT2D eigenvalue weighted by atomic mass is 16.3. The summed E-state index contributed by atoms with van der Waals surface area (Å²) in [5.41, 5.74) is 14.8. The summed E-state index contributed by atoms with van der Waals surface area (Å²) >= 11 is 0. The lowest BCUT2D eigenvalue weighted by Crippen LogP contribution is -2.57. The normalized spacial score (nSPS) is 21.9. The van der Waals surface area contributed by atoms with Crippen LogP contribution in [0.3, 0.4) is 0 Å². The maximum Gasteiger partial charge on any atom is 0.143 e. The third-order valence-electron chi connectivity index (χ3n) is 14.4. The lowest BCUT2D eigenvalue weighted by molar-refractivity contribution is -0.0419. The summed E-state index contributed by atoms with van der Waals surface area (Å²) in [6, 6.07) is 58.7. The van der Waals surface area contributed by atoms with Crippen LogP contribution in [0.15, 0.2) is 162 Å². The third-order valence-corrected chi connectivity index (χ3v) is 14.4.